The molecule has 1 aliphatic heterocycles. The predicted molar refractivity (Wildman–Crippen MR) is 110 cm³/mol. The second-order valence-corrected chi connectivity index (χ2v) is 9.56. The number of hydrogen-bond donors (Lipinski definition) is 1. The Bertz CT molecular complexity index is 1040. The van der Waals surface area contributed by atoms with Crippen LogP contribution >= 0.6 is 32.3 Å². The van der Waals surface area contributed by atoms with Gasteiger partial charge < -0.3 is 5.32 Å². The number of aryl methyl sites for hydroxylation is 2. The fraction of sp³-hybridized carbons (Fsp3) is 0.250. The summed E-state index contributed by atoms with van der Waals surface area (Å²) in [5.74, 6) is 0. The van der Waals surface area contributed by atoms with Crippen molar-refractivity contribution < 1.29 is 0 Å². The van der Waals surface area contributed by atoms with Crippen molar-refractivity contribution in [2.75, 3.05) is 5.32 Å². The second kappa shape index (κ2) is 5.97. The van der Waals surface area contributed by atoms with Crippen molar-refractivity contribution in [3.63, 3.8) is 0 Å². The molecule has 5 heteroatoms. The van der Waals surface area contributed by atoms with Crippen LogP contribution < -0.4 is 9.99 Å². The highest BCUT2D eigenvalue weighted by Crippen LogP contribution is 2.45. The molecular formula is C20H19ClN2S2. The first-order chi connectivity index (χ1) is 11.8. The quantitative estimate of drug-likeness (QED) is 0.465. The number of halogens is 1. The Kier molecular flexibility index (Phi) is 4.02. The van der Waals surface area contributed by atoms with E-state index in [-0.39, 0.29) is 5.54 Å². The summed E-state index contributed by atoms with van der Waals surface area (Å²) < 4.78 is 1.06. The zero-order valence-electron chi connectivity index (χ0n) is 14.6. The van der Waals surface area contributed by atoms with Crippen molar-refractivity contribution in [1.29, 1.82) is 0 Å². The molecule has 0 fully saturated rings. The van der Waals surface area contributed by atoms with E-state index in [4.69, 9.17) is 16.6 Å². The highest BCUT2D eigenvalue weighted by atomic mass is 35.5. The molecule has 0 saturated heterocycles. The molecule has 4 rings (SSSR count). The SMILES string of the molecule is Cc1ccc2c(c1)NC(C)(C)c1ssc(=Nc3ccc(C)c(Cl)c3)c1-2. The molecule has 0 radical (unpaired) electrons. The maximum atomic E-state index is 6.28. The van der Waals surface area contributed by atoms with Crippen molar-refractivity contribution in [2.45, 2.75) is 33.2 Å². The number of nitrogens with one attached hydrogen (secondary N) is 1. The molecule has 0 aliphatic carbocycles. The maximum Gasteiger partial charge on any atom is 0.135 e. The summed E-state index contributed by atoms with van der Waals surface area (Å²) in [5.41, 5.74) is 6.80. The Balaban J connectivity index is 1.96. The Morgan fingerprint density at radius 3 is 2.60 bits per heavy atom. The van der Waals surface area contributed by atoms with Crippen LogP contribution in [0.2, 0.25) is 5.02 Å². The summed E-state index contributed by atoms with van der Waals surface area (Å²) in [6, 6.07) is 12.6. The minimum atomic E-state index is -0.101. The Morgan fingerprint density at radius 2 is 1.84 bits per heavy atom. The van der Waals surface area contributed by atoms with Crippen molar-refractivity contribution in [1.82, 2.24) is 0 Å². The van der Waals surface area contributed by atoms with Crippen LogP contribution in [-0.4, -0.2) is 0 Å². The zero-order valence-corrected chi connectivity index (χ0v) is 17.0. The van der Waals surface area contributed by atoms with Crippen molar-refractivity contribution >= 4 is 43.7 Å². The number of fused-ring (bicyclic) bond motifs is 3. The molecule has 2 aromatic carbocycles. The Morgan fingerprint density at radius 1 is 1.04 bits per heavy atom. The molecule has 1 N–H and O–H groups in total. The Hall–Kier alpha value is -1.62. The molecule has 2 nitrogen and oxygen atoms in total. The van der Waals surface area contributed by atoms with Crippen LogP contribution in [-0.2, 0) is 5.54 Å². The molecule has 0 atom stereocenters. The third-order valence-electron chi connectivity index (χ3n) is 4.49. The third-order valence-corrected chi connectivity index (χ3v) is 7.54. The molecule has 0 unspecified atom stereocenters. The van der Waals surface area contributed by atoms with E-state index in [0.29, 0.717) is 0 Å². The van der Waals surface area contributed by atoms with Crippen LogP contribution in [0.15, 0.2) is 41.4 Å². The molecule has 0 amide bonds. The monoisotopic (exact) mass is 386 g/mol. The fourth-order valence-electron chi connectivity index (χ4n) is 3.13. The molecule has 1 aliphatic rings. The maximum absolute atomic E-state index is 6.28. The van der Waals surface area contributed by atoms with Crippen molar-refractivity contribution in [3.8, 4) is 11.1 Å². The number of rotatable bonds is 1. The number of anilines is 1. The van der Waals surface area contributed by atoms with E-state index in [9.17, 15) is 0 Å². The fourth-order valence-corrected chi connectivity index (χ4v) is 6.24. The summed E-state index contributed by atoms with van der Waals surface area (Å²) in [4.78, 5) is 6.26. The van der Waals surface area contributed by atoms with Crippen molar-refractivity contribution in [3.05, 3.63) is 62.1 Å². The van der Waals surface area contributed by atoms with E-state index in [2.05, 4.69) is 44.3 Å². The smallest absolute Gasteiger partial charge is 0.135 e. The van der Waals surface area contributed by atoms with Gasteiger partial charge in [-0.1, -0.05) is 50.5 Å². The van der Waals surface area contributed by atoms with Gasteiger partial charge in [-0.2, -0.15) is 0 Å². The van der Waals surface area contributed by atoms with Gasteiger partial charge in [0.2, 0.25) is 0 Å². The topological polar surface area (TPSA) is 24.4 Å². The van der Waals surface area contributed by atoms with E-state index < -0.39 is 0 Å². The average Bonchev–Trinajstić information content (AvgIpc) is 2.95. The predicted octanol–water partition coefficient (Wildman–Crippen LogP) is 6.64. The van der Waals surface area contributed by atoms with Gasteiger partial charge in [-0.25, -0.2) is 4.99 Å². The summed E-state index contributed by atoms with van der Waals surface area (Å²) in [7, 11) is 3.54. The van der Waals surface area contributed by atoms with Crippen LogP contribution in [0.3, 0.4) is 0 Å². The molecule has 2 heterocycles. The lowest BCUT2D eigenvalue weighted by molar-refractivity contribution is 0.619. The third kappa shape index (κ3) is 2.92. The van der Waals surface area contributed by atoms with Crippen molar-refractivity contribution in [2.24, 2.45) is 4.99 Å². The van der Waals surface area contributed by atoms with Crippen LogP contribution in [0.25, 0.3) is 11.1 Å². The van der Waals surface area contributed by atoms with Gasteiger partial charge in [0.15, 0.2) is 0 Å². The lowest BCUT2D eigenvalue weighted by atomic mass is 9.89. The standard InChI is InChI=1S/C20H19ClN2S2/c1-11-5-8-14-16(9-11)23-20(3,4)18-17(14)19(25-24-18)22-13-7-6-12(2)15(21)10-13/h5-10,23H,1-4H3. The normalized spacial score (nSPS) is 15.5. The molecule has 3 aromatic rings. The number of hydrogen-bond acceptors (Lipinski definition) is 4. The minimum Gasteiger partial charge on any atom is -0.375 e. The van der Waals surface area contributed by atoms with Gasteiger partial charge in [0.1, 0.15) is 4.67 Å². The first-order valence-corrected chi connectivity index (χ1v) is 10.7. The molecule has 128 valence electrons. The van der Waals surface area contributed by atoms with Gasteiger partial charge >= 0.3 is 0 Å². The van der Waals surface area contributed by atoms with Gasteiger partial charge in [-0.05, 0) is 57.0 Å². The highest BCUT2D eigenvalue weighted by molar-refractivity contribution is 7.68. The van der Waals surface area contributed by atoms with Crippen LogP contribution in [0.1, 0.15) is 29.9 Å². The Labute approximate surface area is 160 Å². The summed E-state index contributed by atoms with van der Waals surface area (Å²) >= 11 is 6.28. The molecule has 0 bridgehead atoms. The van der Waals surface area contributed by atoms with E-state index in [1.807, 2.05) is 25.1 Å². The number of benzene rings is 2. The first kappa shape index (κ1) is 16.8. The van der Waals surface area contributed by atoms with E-state index in [0.717, 1.165) is 20.9 Å². The average molecular weight is 387 g/mol. The highest BCUT2D eigenvalue weighted by Gasteiger charge is 2.33. The van der Waals surface area contributed by atoms with E-state index >= 15 is 0 Å². The minimum absolute atomic E-state index is 0.101. The lowest BCUT2D eigenvalue weighted by Crippen LogP contribution is -2.31. The lowest BCUT2D eigenvalue weighted by Gasteiger charge is -2.33. The van der Waals surface area contributed by atoms with Gasteiger partial charge in [-0.15, -0.1) is 0 Å². The zero-order chi connectivity index (χ0) is 17.8. The molecule has 0 saturated carbocycles. The van der Waals surface area contributed by atoms with Crippen LogP contribution in [0.5, 0.6) is 0 Å². The molecular weight excluding hydrogens is 368 g/mol. The van der Waals surface area contributed by atoms with Gasteiger partial charge in [-0.3, -0.25) is 0 Å². The van der Waals surface area contributed by atoms with Gasteiger partial charge in [0.05, 0.1) is 16.1 Å². The summed E-state index contributed by atoms with van der Waals surface area (Å²) in [6.07, 6.45) is 0. The summed E-state index contributed by atoms with van der Waals surface area (Å²) in [5, 5.41) is 4.44. The van der Waals surface area contributed by atoms with Crippen LogP contribution in [0, 0.1) is 13.8 Å². The van der Waals surface area contributed by atoms with Gasteiger partial charge in [0.25, 0.3) is 0 Å². The molecule has 25 heavy (non-hydrogen) atoms. The number of nitrogens with zero attached hydrogens (tertiary/aromatic N) is 1. The van der Waals surface area contributed by atoms with E-state index in [1.54, 1.807) is 20.7 Å². The summed E-state index contributed by atoms with van der Waals surface area (Å²) in [6.45, 7) is 8.59. The molecule has 0 spiro atoms. The largest absolute Gasteiger partial charge is 0.375 e. The second-order valence-electron chi connectivity index (χ2n) is 7.02. The van der Waals surface area contributed by atoms with Crippen LogP contribution in [0.4, 0.5) is 11.4 Å². The molecule has 1 aromatic heterocycles. The van der Waals surface area contributed by atoms with E-state index in [1.165, 1.54) is 27.3 Å². The first-order valence-electron chi connectivity index (χ1n) is 8.19. The van der Waals surface area contributed by atoms with Gasteiger partial charge in [0, 0.05) is 21.8 Å².